The van der Waals surface area contributed by atoms with E-state index in [1.165, 1.54) is 6.92 Å². The molecule has 16 heavy (non-hydrogen) atoms. The number of hydrogen-bond donors (Lipinski definition) is 0. The zero-order valence-electron chi connectivity index (χ0n) is 9.07. The van der Waals surface area contributed by atoms with Crippen LogP contribution in [0.15, 0.2) is 42.5 Å². The van der Waals surface area contributed by atoms with Crippen LogP contribution in [0.2, 0.25) is 0 Å². The van der Waals surface area contributed by atoms with Crippen molar-refractivity contribution in [2.45, 2.75) is 13.3 Å². The third-order valence-electron chi connectivity index (χ3n) is 2.62. The molecule has 0 bridgehead atoms. The Labute approximate surface area is 93.9 Å². The quantitative estimate of drug-likeness (QED) is 0.733. The van der Waals surface area contributed by atoms with Crippen LogP contribution in [-0.4, -0.2) is 11.6 Å². The molecule has 0 saturated heterocycles. The molecule has 0 heterocycles. The third kappa shape index (κ3) is 2.01. The summed E-state index contributed by atoms with van der Waals surface area (Å²) in [6, 6.07) is 13.7. The zero-order valence-corrected chi connectivity index (χ0v) is 9.07. The average Bonchev–Trinajstić information content (AvgIpc) is 2.29. The molecular formula is C14H12O2. The average molecular weight is 212 g/mol. The Bertz CT molecular complexity index is 550. The topological polar surface area (TPSA) is 34.1 Å². The summed E-state index contributed by atoms with van der Waals surface area (Å²) >= 11 is 0. The predicted octanol–water partition coefficient (Wildman–Crippen LogP) is 2.54. The van der Waals surface area contributed by atoms with E-state index < -0.39 is 0 Å². The third-order valence-corrected chi connectivity index (χ3v) is 2.62. The molecule has 0 atom stereocenters. The highest BCUT2D eigenvalue weighted by Crippen LogP contribution is 2.18. The first-order chi connectivity index (χ1) is 7.68. The van der Waals surface area contributed by atoms with E-state index in [1.54, 1.807) is 0 Å². The Balaban J connectivity index is 2.45. The molecule has 0 aliphatic carbocycles. The van der Waals surface area contributed by atoms with Crippen molar-refractivity contribution in [1.29, 1.82) is 0 Å². The van der Waals surface area contributed by atoms with Crippen molar-refractivity contribution >= 4 is 22.3 Å². The second kappa shape index (κ2) is 4.27. The van der Waals surface area contributed by atoms with Gasteiger partial charge in [0.15, 0.2) is 5.78 Å². The van der Waals surface area contributed by atoms with Crippen molar-refractivity contribution in [2.24, 2.45) is 0 Å². The second-order valence-electron chi connectivity index (χ2n) is 3.79. The van der Waals surface area contributed by atoms with Gasteiger partial charge in [-0.1, -0.05) is 42.5 Å². The van der Waals surface area contributed by atoms with Gasteiger partial charge in [0, 0.05) is 13.3 Å². The highest BCUT2D eigenvalue weighted by atomic mass is 16.2. The van der Waals surface area contributed by atoms with Crippen LogP contribution in [0, 0.1) is 0 Å². The summed E-state index contributed by atoms with van der Waals surface area (Å²) in [6.45, 7) is 1.31. The van der Waals surface area contributed by atoms with Gasteiger partial charge in [0.05, 0.1) is 0 Å². The standard InChI is InChI=1S/C14H12O2/c1-10(15)14(16)9-12-7-4-6-11-5-2-3-8-13(11)12/h2-8H,9H2,1H3. The molecule has 0 spiro atoms. The summed E-state index contributed by atoms with van der Waals surface area (Å²) in [4.78, 5) is 22.3. The maximum atomic E-state index is 11.4. The Hall–Kier alpha value is -1.96. The van der Waals surface area contributed by atoms with Crippen molar-refractivity contribution in [3.05, 3.63) is 48.0 Å². The minimum absolute atomic E-state index is 0.191. The smallest absolute Gasteiger partial charge is 0.202 e. The lowest BCUT2D eigenvalue weighted by atomic mass is 9.99. The molecule has 0 radical (unpaired) electrons. The van der Waals surface area contributed by atoms with Gasteiger partial charge in [0.1, 0.15) is 0 Å². The maximum Gasteiger partial charge on any atom is 0.202 e. The van der Waals surface area contributed by atoms with Gasteiger partial charge in [-0.15, -0.1) is 0 Å². The molecule has 2 rings (SSSR count). The molecule has 0 N–H and O–H groups in total. The number of ketones is 2. The van der Waals surface area contributed by atoms with Crippen molar-refractivity contribution < 1.29 is 9.59 Å². The highest BCUT2D eigenvalue weighted by molar-refractivity contribution is 6.36. The molecule has 0 saturated carbocycles. The van der Waals surface area contributed by atoms with Gasteiger partial charge in [-0.05, 0) is 16.3 Å². The number of carbonyl (C=O) groups excluding carboxylic acids is 2. The lowest BCUT2D eigenvalue weighted by Crippen LogP contribution is -2.12. The molecule has 0 aromatic heterocycles. The van der Waals surface area contributed by atoms with Crippen molar-refractivity contribution in [3.63, 3.8) is 0 Å². The van der Waals surface area contributed by atoms with E-state index in [4.69, 9.17) is 0 Å². The molecule has 2 aromatic carbocycles. The molecule has 0 aliphatic heterocycles. The van der Waals surface area contributed by atoms with Gasteiger partial charge < -0.3 is 0 Å². The summed E-state index contributed by atoms with van der Waals surface area (Å²) in [5, 5.41) is 2.14. The minimum Gasteiger partial charge on any atom is -0.291 e. The second-order valence-corrected chi connectivity index (χ2v) is 3.79. The molecule has 0 unspecified atom stereocenters. The van der Waals surface area contributed by atoms with E-state index in [9.17, 15) is 9.59 Å². The van der Waals surface area contributed by atoms with Crippen molar-refractivity contribution in [3.8, 4) is 0 Å². The van der Waals surface area contributed by atoms with E-state index in [2.05, 4.69) is 0 Å². The van der Waals surface area contributed by atoms with E-state index in [-0.39, 0.29) is 18.0 Å². The monoisotopic (exact) mass is 212 g/mol. The van der Waals surface area contributed by atoms with E-state index in [0.29, 0.717) is 0 Å². The van der Waals surface area contributed by atoms with Gasteiger partial charge >= 0.3 is 0 Å². The van der Waals surface area contributed by atoms with Crippen LogP contribution in [-0.2, 0) is 16.0 Å². The normalized spacial score (nSPS) is 10.3. The fraction of sp³-hybridized carbons (Fsp3) is 0.143. The van der Waals surface area contributed by atoms with E-state index in [0.717, 1.165) is 16.3 Å². The van der Waals surface area contributed by atoms with Crippen LogP contribution in [0.1, 0.15) is 12.5 Å². The minimum atomic E-state index is -0.382. The van der Waals surface area contributed by atoms with Crippen molar-refractivity contribution in [1.82, 2.24) is 0 Å². The molecular weight excluding hydrogens is 200 g/mol. The molecule has 0 amide bonds. The van der Waals surface area contributed by atoms with E-state index >= 15 is 0 Å². The Kier molecular flexibility index (Phi) is 2.82. The fourth-order valence-electron chi connectivity index (χ4n) is 1.74. The van der Waals surface area contributed by atoms with Gasteiger partial charge in [-0.3, -0.25) is 9.59 Å². The molecule has 2 nitrogen and oxygen atoms in total. The van der Waals surface area contributed by atoms with Crippen LogP contribution in [0.3, 0.4) is 0 Å². The van der Waals surface area contributed by atoms with Gasteiger partial charge in [0.25, 0.3) is 0 Å². The van der Waals surface area contributed by atoms with Crippen molar-refractivity contribution in [2.75, 3.05) is 0 Å². The summed E-state index contributed by atoms with van der Waals surface area (Å²) in [6.07, 6.45) is 0.191. The number of hydrogen-bond acceptors (Lipinski definition) is 2. The van der Waals surface area contributed by atoms with Crippen LogP contribution in [0.25, 0.3) is 10.8 Å². The van der Waals surface area contributed by atoms with Crippen LogP contribution in [0.5, 0.6) is 0 Å². The first-order valence-electron chi connectivity index (χ1n) is 5.19. The molecule has 2 heteroatoms. The highest BCUT2D eigenvalue weighted by Gasteiger charge is 2.10. The van der Waals surface area contributed by atoms with Crippen LogP contribution in [0.4, 0.5) is 0 Å². The summed E-state index contributed by atoms with van der Waals surface area (Å²) in [5.74, 6) is -0.718. The number of benzene rings is 2. The number of fused-ring (bicyclic) bond motifs is 1. The Morgan fingerprint density at radius 2 is 1.69 bits per heavy atom. The van der Waals surface area contributed by atoms with Crippen LogP contribution < -0.4 is 0 Å². The summed E-state index contributed by atoms with van der Waals surface area (Å²) in [5.41, 5.74) is 0.915. The first kappa shape index (κ1) is 10.6. The van der Waals surface area contributed by atoms with Gasteiger partial charge in [-0.25, -0.2) is 0 Å². The lowest BCUT2D eigenvalue weighted by Gasteiger charge is -2.04. The SMILES string of the molecule is CC(=O)C(=O)Cc1cccc2ccccc12. The molecule has 0 aliphatic rings. The Morgan fingerprint density at radius 3 is 2.44 bits per heavy atom. The summed E-state index contributed by atoms with van der Waals surface area (Å²) < 4.78 is 0. The fourth-order valence-corrected chi connectivity index (χ4v) is 1.74. The number of rotatable bonds is 3. The number of Topliss-reactive ketones (excluding diaryl/α,β-unsaturated/α-hetero) is 2. The van der Waals surface area contributed by atoms with Gasteiger partial charge in [0.2, 0.25) is 5.78 Å². The van der Waals surface area contributed by atoms with Crippen LogP contribution >= 0.6 is 0 Å². The molecule has 80 valence electrons. The zero-order chi connectivity index (χ0) is 11.5. The summed E-state index contributed by atoms with van der Waals surface area (Å²) in [7, 11) is 0. The largest absolute Gasteiger partial charge is 0.291 e. The predicted molar refractivity (Wildman–Crippen MR) is 63.3 cm³/mol. The first-order valence-corrected chi connectivity index (χ1v) is 5.19. The van der Waals surface area contributed by atoms with Gasteiger partial charge in [-0.2, -0.15) is 0 Å². The molecule has 0 fully saturated rings. The number of carbonyl (C=O) groups is 2. The lowest BCUT2D eigenvalue weighted by molar-refractivity contribution is -0.134. The maximum absolute atomic E-state index is 11.4. The Morgan fingerprint density at radius 1 is 1.00 bits per heavy atom. The molecule has 2 aromatic rings. The van der Waals surface area contributed by atoms with E-state index in [1.807, 2.05) is 42.5 Å².